The summed E-state index contributed by atoms with van der Waals surface area (Å²) in [5.41, 5.74) is -0.998. The maximum Gasteiger partial charge on any atom is 0.500 e. The van der Waals surface area contributed by atoms with Crippen LogP contribution in [-0.2, 0) is 43.6 Å². The van der Waals surface area contributed by atoms with Crippen molar-refractivity contribution in [2.24, 2.45) is 10.2 Å². The lowest BCUT2D eigenvalue weighted by Gasteiger charge is -2.28. The highest BCUT2D eigenvalue weighted by molar-refractivity contribution is 7.86. The van der Waals surface area contributed by atoms with Crippen molar-refractivity contribution in [3.05, 3.63) is 84.9 Å². The summed E-state index contributed by atoms with van der Waals surface area (Å²) >= 11 is 0. The summed E-state index contributed by atoms with van der Waals surface area (Å²) in [4.78, 5) is 13.0. The SMILES string of the molecule is CCO[Si](CCCNc1nc(Nc2cc(S(=O)(=O)O)cc3cc(S(=O)(=O)O)c(N=Nc4ccc5ccccc5c4S(=O)(=O)O)c(O)c23)nc(N(CC)c2ccccc2)n1)(OCC)OCC. The number of aromatic hydroxyl groups is 1. The normalized spacial score (nSPS) is 12.6. The van der Waals surface area contributed by atoms with Crippen LogP contribution in [-0.4, -0.2) is 101 Å². The van der Waals surface area contributed by atoms with Crippen molar-refractivity contribution in [1.82, 2.24) is 15.0 Å². The summed E-state index contributed by atoms with van der Waals surface area (Å²) in [5, 5.41) is 25.4. The lowest BCUT2D eigenvalue weighted by molar-refractivity contribution is 0.0710. The molecule has 0 amide bonds. The number of nitrogens with one attached hydrogen (secondary N) is 2. The molecule has 0 unspecified atom stereocenters. The molecule has 21 nitrogen and oxygen atoms in total. The van der Waals surface area contributed by atoms with Crippen LogP contribution in [0.5, 0.6) is 5.75 Å². The predicted molar refractivity (Wildman–Crippen MR) is 244 cm³/mol. The van der Waals surface area contributed by atoms with Gasteiger partial charge in [-0.1, -0.05) is 48.5 Å². The average molecular weight is 971 g/mol. The first kappa shape index (κ1) is 48.7. The minimum absolute atomic E-state index is 0.0457. The van der Waals surface area contributed by atoms with Gasteiger partial charge in [0, 0.05) is 55.4 Å². The molecule has 0 aliphatic heterocycles. The summed E-state index contributed by atoms with van der Waals surface area (Å²) in [6.45, 7) is 9.25. The number of anilines is 5. The number of para-hydroxylation sites is 1. The van der Waals surface area contributed by atoms with Crippen LogP contribution in [0.25, 0.3) is 21.5 Å². The summed E-state index contributed by atoms with van der Waals surface area (Å²) in [5.74, 6) is -1.06. The van der Waals surface area contributed by atoms with Crippen LogP contribution in [0.15, 0.2) is 110 Å². The molecule has 0 atom stereocenters. The molecule has 0 saturated carbocycles. The van der Waals surface area contributed by atoms with Gasteiger partial charge in [-0.15, -0.1) is 10.2 Å². The quantitative estimate of drug-likeness (QED) is 0.0173. The summed E-state index contributed by atoms with van der Waals surface area (Å²) in [6.07, 6.45) is 0.499. The van der Waals surface area contributed by atoms with Crippen molar-refractivity contribution in [3.8, 4) is 5.75 Å². The third-order valence-electron chi connectivity index (χ3n) is 9.60. The Morgan fingerprint density at radius 2 is 1.35 bits per heavy atom. The molecule has 0 aliphatic rings. The van der Waals surface area contributed by atoms with Crippen molar-refractivity contribution in [2.75, 3.05) is 48.4 Å². The Hall–Kier alpha value is -5.74. The van der Waals surface area contributed by atoms with E-state index in [9.17, 15) is 44.0 Å². The minimum Gasteiger partial charge on any atom is -0.505 e. The molecule has 6 aromatic rings. The van der Waals surface area contributed by atoms with Crippen LogP contribution in [0.4, 0.5) is 40.6 Å². The molecule has 0 radical (unpaired) electrons. The molecule has 0 spiro atoms. The maximum absolute atomic E-state index is 12.8. The van der Waals surface area contributed by atoms with Crippen LogP contribution >= 0.6 is 0 Å². The number of hydrogen-bond acceptors (Lipinski definition) is 18. The smallest absolute Gasteiger partial charge is 0.500 e. The Labute approximate surface area is 376 Å². The monoisotopic (exact) mass is 970 g/mol. The summed E-state index contributed by atoms with van der Waals surface area (Å²) in [6, 6.07) is 20.8. The summed E-state index contributed by atoms with van der Waals surface area (Å²) in [7, 11) is -18.3. The van der Waals surface area contributed by atoms with E-state index in [4.69, 9.17) is 13.3 Å². The molecule has 1 aromatic heterocycles. The Bertz CT molecular complexity index is 3060. The highest BCUT2D eigenvalue weighted by Crippen LogP contribution is 2.46. The van der Waals surface area contributed by atoms with E-state index in [1.807, 2.05) is 58.0 Å². The lowest BCUT2D eigenvalue weighted by atomic mass is 10.1. The number of aromatic nitrogens is 3. The van der Waals surface area contributed by atoms with Gasteiger partial charge in [0.1, 0.15) is 21.2 Å². The molecular weight excluding hydrogens is 925 g/mol. The van der Waals surface area contributed by atoms with E-state index in [1.54, 1.807) is 17.0 Å². The Kier molecular flexibility index (Phi) is 15.1. The van der Waals surface area contributed by atoms with Gasteiger partial charge in [0.25, 0.3) is 30.4 Å². The van der Waals surface area contributed by atoms with E-state index in [-0.39, 0.29) is 39.7 Å². The second-order valence-corrected chi connectivity index (χ2v) is 20.8. The number of nitrogens with zero attached hydrogens (tertiary/aromatic N) is 6. The first-order valence-corrected chi connectivity index (χ1v) is 26.3. The molecule has 1 heterocycles. The van der Waals surface area contributed by atoms with Gasteiger partial charge in [0.05, 0.1) is 10.6 Å². The average Bonchev–Trinajstić information content (AvgIpc) is 3.24. The van der Waals surface area contributed by atoms with Gasteiger partial charge in [-0.3, -0.25) is 13.7 Å². The molecule has 0 aliphatic carbocycles. The van der Waals surface area contributed by atoms with E-state index in [2.05, 4.69) is 35.8 Å². The fourth-order valence-electron chi connectivity index (χ4n) is 6.98. The van der Waals surface area contributed by atoms with Crippen LogP contribution in [0.1, 0.15) is 34.1 Å². The molecule has 25 heteroatoms. The van der Waals surface area contributed by atoms with Gasteiger partial charge in [0.2, 0.25) is 17.8 Å². The van der Waals surface area contributed by atoms with Crippen LogP contribution in [0.2, 0.25) is 6.04 Å². The van der Waals surface area contributed by atoms with Gasteiger partial charge in [-0.05, 0) is 81.3 Å². The van der Waals surface area contributed by atoms with E-state index in [0.29, 0.717) is 56.4 Å². The first-order valence-electron chi connectivity index (χ1n) is 20.0. The van der Waals surface area contributed by atoms with E-state index >= 15 is 0 Å². The summed E-state index contributed by atoms with van der Waals surface area (Å²) < 4.78 is 125. The van der Waals surface area contributed by atoms with Crippen molar-refractivity contribution in [3.63, 3.8) is 0 Å². The standard InChI is InChI=1S/C40H46N8O13S3Si/c1-5-48(28-16-10-9-11-17-28)40-44-38(41-21-14-22-65(59-6-2,60-7-3)61-8-4)43-39(45-40)42-32-25-29(62(50,51)52)23-27-24-33(63(53,54)55)35(36(49)34(27)32)47-46-31-20-19-26-15-12-13-18-30(26)37(31)64(56,57)58/h9-13,15-20,23-25,49H,5-8,14,21-22H2,1-4H3,(H,50,51,52)(H,53,54,55)(H,56,57,58)(H2,41,42,43,44,45). The van der Waals surface area contributed by atoms with Gasteiger partial charge in [-0.2, -0.15) is 40.2 Å². The maximum atomic E-state index is 12.8. The Morgan fingerprint density at radius 3 is 1.97 bits per heavy atom. The van der Waals surface area contributed by atoms with E-state index in [0.717, 1.165) is 18.2 Å². The molecule has 6 N–H and O–H groups in total. The number of phenolic OH excluding ortho intramolecular Hbond substituents is 1. The van der Waals surface area contributed by atoms with Gasteiger partial charge >= 0.3 is 8.80 Å². The number of fused-ring (bicyclic) bond motifs is 2. The molecule has 6 rings (SSSR count). The molecular formula is C40H46N8O13S3Si. The highest BCUT2D eigenvalue weighted by atomic mass is 32.2. The molecule has 0 bridgehead atoms. The number of phenols is 1. The molecule has 0 saturated heterocycles. The van der Waals surface area contributed by atoms with Crippen LogP contribution < -0.4 is 15.5 Å². The predicted octanol–water partition coefficient (Wildman–Crippen LogP) is 7.79. The van der Waals surface area contributed by atoms with Gasteiger partial charge in [0.15, 0.2) is 5.75 Å². The zero-order chi connectivity index (χ0) is 47.2. The first-order chi connectivity index (χ1) is 30.8. The van der Waals surface area contributed by atoms with Crippen molar-refractivity contribution in [2.45, 2.75) is 54.8 Å². The van der Waals surface area contributed by atoms with Crippen molar-refractivity contribution < 1.29 is 57.3 Å². The lowest BCUT2D eigenvalue weighted by Crippen LogP contribution is -2.46. The zero-order valence-corrected chi connectivity index (χ0v) is 38.9. The van der Waals surface area contributed by atoms with Crippen molar-refractivity contribution >= 4 is 101 Å². The number of benzene rings is 5. The number of azo groups is 1. The van der Waals surface area contributed by atoms with Crippen molar-refractivity contribution in [1.29, 1.82) is 0 Å². The molecule has 0 fully saturated rings. The molecule has 65 heavy (non-hydrogen) atoms. The van der Waals surface area contributed by atoms with E-state index in [1.165, 1.54) is 24.3 Å². The molecule has 346 valence electrons. The Balaban J connectivity index is 1.51. The van der Waals surface area contributed by atoms with Crippen LogP contribution in [0.3, 0.4) is 0 Å². The largest absolute Gasteiger partial charge is 0.505 e. The van der Waals surface area contributed by atoms with Gasteiger partial charge < -0.3 is 33.9 Å². The molecule has 5 aromatic carbocycles. The number of hydrogen-bond donors (Lipinski definition) is 6. The fraction of sp³-hybridized carbons (Fsp3) is 0.275. The second-order valence-electron chi connectivity index (χ2n) is 13.9. The topological polar surface area (TPSA) is 302 Å². The second kappa shape index (κ2) is 20.2. The van der Waals surface area contributed by atoms with Gasteiger partial charge in [-0.25, -0.2) is 0 Å². The third-order valence-corrected chi connectivity index (χ3v) is 15.4. The minimum atomic E-state index is -5.31. The fourth-order valence-corrected chi connectivity index (χ4v) is 11.6. The van der Waals surface area contributed by atoms with E-state index < -0.39 is 71.0 Å². The highest BCUT2D eigenvalue weighted by Gasteiger charge is 2.39. The number of rotatable bonds is 21. The van der Waals surface area contributed by atoms with Crippen LogP contribution in [0, 0.1) is 0 Å². The Morgan fingerprint density at radius 1 is 0.708 bits per heavy atom. The zero-order valence-electron chi connectivity index (χ0n) is 35.4. The third kappa shape index (κ3) is 11.4.